The van der Waals surface area contributed by atoms with Crippen molar-refractivity contribution >= 4 is 50.3 Å². The van der Waals surface area contributed by atoms with E-state index in [1.807, 2.05) is 24.3 Å². The second kappa shape index (κ2) is 9.29. The average Bonchev–Trinajstić information content (AvgIpc) is 3.13. The Morgan fingerprint density at radius 2 is 1.31 bits per heavy atom. The molecule has 5 aromatic rings. The number of carbonyl (C=O) groups is 1. The molecule has 1 heterocycles. The van der Waals surface area contributed by atoms with Crippen LogP contribution in [0.1, 0.15) is 73.1 Å². The van der Waals surface area contributed by atoms with Gasteiger partial charge in [0.1, 0.15) is 0 Å². The van der Waals surface area contributed by atoms with Crippen LogP contribution >= 0.6 is 0 Å². The topological polar surface area (TPSA) is 41.9 Å². The molecule has 7 rings (SSSR count). The van der Waals surface area contributed by atoms with E-state index in [2.05, 4.69) is 100 Å². The fourth-order valence-corrected chi connectivity index (χ4v) is 7.05. The van der Waals surface area contributed by atoms with Gasteiger partial charge in [-0.2, -0.15) is 0 Å². The number of rotatable bonds is 2. The minimum absolute atomic E-state index is 0.0643. The van der Waals surface area contributed by atoms with E-state index in [0.717, 1.165) is 52.1 Å². The molecule has 0 radical (unpaired) electrons. The summed E-state index contributed by atoms with van der Waals surface area (Å²) in [6, 6.07) is 29.7. The molecule has 2 aliphatic rings. The first-order valence-corrected chi connectivity index (χ1v) is 14.7. The average molecular weight is 553 g/mol. The molecule has 0 amide bonds. The molecule has 0 saturated heterocycles. The first-order valence-electron chi connectivity index (χ1n) is 14.7. The molecule has 0 unspecified atom stereocenters. The number of anilines is 2. The molecule has 0 saturated carbocycles. The van der Waals surface area contributed by atoms with Crippen LogP contribution in [0.4, 0.5) is 17.1 Å². The van der Waals surface area contributed by atoms with Crippen LogP contribution in [0.3, 0.4) is 0 Å². The van der Waals surface area contributed by atoms with Crippen LogP contribution in [0.25, 0.3) is 21.5 Å². The number of esters is 1. The van der Waals surface area contributed by atoms with Gasteiger partial charge in [0.15, 0.2) is 0 Å². The molecule has 210 valence electrons. The summed E-state index contributed by atoms with van der Waals surface area (Å²) in [6.07, 6.45) is 2.30. The first kappa shape index (κ1) is 26.5. The summed E-state index contributed by atoms with van der Waals surface area (Å²) in [5.41, 5.74) is 9.66. The Bertz CT molecular complexity index is 1950. The highest BCUT2D eigenvalue weighted by molar-refractivity contribution is 6.31. The molecular formula is C38H36N2O2. The van der Waals surface area contributed by atoms with Crippen molar-refractivity contribution in [1.29, 1.82) is 0 Å². The maximum atomic E-state index is 12.3. The molecule has 1 aliphatic carbocycles. The smallest absolute Gasteiger partial charge is 0.337 e. The predicted octanol–water partition coefficient (Wildman–Crippen LogP) is 9.38. The van der Waals surface area contributed by atoms with Gasteiger partial charge in [-0.25, -0.2) is 9.79 Å². The Morgan fingerprint density at radius 1 is 0.762 bits per heavy atom. The number of fused-ring (bicyclic) bond motifs is 8. The summed E-state index contributed by atoms with van der Waals surface area (Å²) in [7, 11) is 3.60. The van der Waals surface area contributed by atoms with Gasteiger partial charge in [0.05, 0.1) is 35.4 Å². The highest BCUT2D eigenvalue weighted by atomic mass is 16.5. The molecule has 42 heavy (non-hydrogen) atoms. The summed E-state index contributed by atoms with van der Waals surface area (Å²) in [5, 5.41) is 4.78. The van der Waals surface area contributed by atoms with E-state index in [0.29, 0.717) is 5.56 Å². The van der Waals surface area contributed by atoms with Crippen molar-refractivity contribution in [3.8, 4) is 0 Å². The third-order valence-corrected chi connectivity index (χ3v) is 9.60. The van der Waals surface area contributed by atoms with E-state index in [4.69, 9.17) is 9.73 Å². The summed E-state index contributed by atoms with van der Waals surface area (Å²) in [6.45, 7) is 9.47. The van der Waals surface area contributed by atoms with Crippen molar-refractivity contribution in [3.05, 3.63) is 113 Å². The Hall–Kier alpha value is -4.44. The van der Waals surface area contributed by atoms with Crippen LogP contribution in [0.2, 0.25) is 0 Å². The molecule has 5 aromatic carbocycles. The lowest BCUT2D eigenvalue weighted by atomic mass is 9.63. The highest BCUT2D eigenvalue weighted by Gasteiger charge is 2.39. The van der Waals surface area contributed by atoms with Crippen LogP contribution in [-0.2, 0) is 15.6 Å². The van der Waals surface area contributed by atoms with Crippen molar-refractivity contribution in [2.45, 2.75) is 51.4 Å². The van der Waals surface area contributed by atoms with Gasteiger partial charge in [0.2, 0.25) is 0 Å². The van der Waals surface area contributed by atoms with Gasteiger partial charge in [0, 0.05) is 23.6 Å². The maximum absolute atomic E-state index is 12.3. The quantitative estimate of drug-likeness (QED) is 0.162. The second-order valence-electron chi connectivity index (χ2n) is 13.1. The van der Waals surface area contributed by atoms with Crippen LogP contribution in [-0.4, -0.2) is 25.8 Å². The van der Waals surface area contributed by atoms with Gasteiger partial charge in [-0.1, -0.05) is 88.4 Å². The summed E-state index contributed by atoms with van der Waals surface area (Å²) < 4.78 is 4.98. The van der Waals surface area contributed by atoms with Crippen molar-refractivity contribution < 1.29 is 9.53 Å². The van der Waals surface area contributed by atoms with E-state index in [9.17, 15) is 4.79 Å². The number of nitrogens with zero attached hydrogens (tertiary/aromatic N) is 2. The first-order chi connectivity index (χ1) is 20.1. The summed E-state index contributed by atoms with van der Waals surface area (Å²) in [4.78, 5) is 20.2. The number of aliphatic imine (C=N–C) groups is 1. The second-order valence-corrected chi connectivity index (χ2v) is 13.1. The molecule has 4 nitrogen and oxygen atoms in total. The Balaban J connectivity index is 1.61. The van der Waals surface area contributed by atoms with Gasteiger partial charge in [0.25, 0.3) is 0 Å². The summed E-state index contributed by atoms with van der Waals surface area (Å²) in [5.74, 6) is -0.345. The Kier molecular flexibility index (Phi) is 5.85. The molecule has 0 fully saturated rings. The number of hydrogen-bond donors (Lipinski definition) is 0. The van der Waals surface area contributed by atoms with Gasteiger partial charge in [-0.05, 0) is 75.2 Å². The van der Waals surface area contributed by atoms with E-state index in [1.165, 1.54) is 34.4 Å². The van der Waals surface area contributed by atoms with Crippen LogP contribution in [0.5, 0.6) is 0 Å². The molecule has 0 aromatic heterocycles. The van der Waals surface area contributed by atoms with E-state index < -0.39 is 0 Å². The molecule has 0 bridgehead atoms. The number of ether oxygens (including phenoxy) is 1. The lowest BCUT2D eigenvalue weighted by Gasteiger charge is -2.42. The van der Waals surface area contributed by atoms with Crippen molar-refractivity contribution in [2.75, 3.05) is 19.1 Å². The third-order valence-electron chi connectivity index (χ3n) is 9.60. The molecule has 0 N–H and O–H groups in total. The van der Waals surface area contributed by atoms with Crippen molar-refractivity contribution in [2.24, 2.45) is 4.99 Å². The maximum Gasteiger partial charge on any atom is 0.337 e. The Morgan fingerprint density at radius 3 is 1.93 bits per heavy atom. The molecule has 0 spiro atoms. The predicted molar refractivity (Wildman–Crippen MR) is 174 cm³/mol. The molecule has 4 heteroatoms. The zero-order valence-corrected chi connectivity index (χ0v) is 25.2. The van der Waals surface area contributed by atoms with E-state index in [1.54, 1.807) is 0 Å². The van der Waals surface area contributed by atoms with Crippen LogP contribution in [0.15, 0.2) is 89.9 Å². The van der Waals surface area contributed by atoms with Crippen LogP contribution in [0, 0.1) is 0 Å². The van der Waals surface area contributed by atoms with Crippen molar-refractivity contribution in [3.63, 3.8) is 0 Å². The zero-order chi connectivity index (χ0) is 29.4. The number of benzene rings is 5. The zero-order valence-electron chi connectivity index (χ0n) is 25.2. The number of methoxy groups -OCH3 is 1. The van der Waals surface area contributed by atoms with Gasteiger partial charge >= 0.3 is 5.97 Å². The normalized spacial score (nSPS) is 16.7. The Labute approximate surface area is 247 Å². The third kappa shape index (κ3) is 3.88. The van der Waals surface area contributed by atoms with Crippen molar-refractivity contribution in [1.82, 2.24) is 0 Å². The molecule has 0 atom stereocenters. The standard InChI is InChI=1S/C38H36N2O2/c1-37(2)19-20-38(3,4)30-22-32-31(21-29(30)37)39-34(23-15-17-24(18-16-23)36(41)42-6)33-27-13-9-7-11-25(27)26-12-8-10-14-28(26)35(33)40(32)5/h7-18,21-22H,19-20H2,1-6H3. The highest BCUT2D eigenvalue weighted by Crippen LogP contribution is 2.52. The largest absolute Gasteiger partial charge is 0.465 e. The van der Waals surface area contributed by atoms with Crippen LogP contribution < -0.4 is 4.90 Å². The van der Waals surface area contributed by atoms with Gasteiger partial charge in [-0.3, -0.25) is 0 Å². The minimum atomic E-state index is -0.345. The molecule has 1 aliphatic heterocycles. The lowest BCUT2D eigenvalue weighted by molar-refractivity contribution is 0.0600. The van der Waals surface area contributed by atoms with E-state index >= 15 is 0 Å². The number of carbonyl (C=O) groups excluding carboxylic acids is 1. The fourth-order valence-electron chi connectivity index (χ4n) is 7.05. The monoisotopic (exact) mass is 552 g/mol. The molecular weight excluding hydrogens is 516 g/mol. The van der Waals surface area contributed by atoms with E-state index in [-0.39, 0.29) is 16.8 Å². The van der Waals surface area contributed by atoms with Gasteiger partial charge < -0.3 is 9.64 Å². The summed E-state index contributed by atoms with van der Waals surface area (Å²) >= 11 is 0. The number of hydrogen-bond acceptors (Lipinski definition) is 4. The fraction of sp³-hybridized carbons (Fsp3) is 0.263. The lowest BCUT2D eigenvalue weighted by Crippen LogP contribution is -2.34. The van der Waals surface area contributed by atoms with Gasteiger partial charge in [-0.15, -0.1) is 0 Å². The SMILES string of the molecule is COC(=O)c1ccc(C2=Nc3cc4c(cc3N(C)c3c2c2ccccc2c2ccccc32)C(C)(C)CCC4(C)C)cc1. The minimum Gasteiger partial charge on any atom is -0.465 e.